The number of anilines is 1. The van der Waals surface area contributed by atoms with E-state index in [9.17, 15) is 13.2 Å². The Labute approximate surface area is 142 Å². The molecule has 0 radical (unpaired) electrons. The Balaban J connectivity index is 1.95. The van der Waals surface area contributed by atoms with Crippen LogP contribution in [0, 0.1) is 6.92 Å². The Morgan fingerprint density at radius 2 is 1.75 bits per heavy atom. The van der Waals surface area contributed by atoms with Crippen LogP contribution in [-0.4, -0.2) is 20.9 Å². The molecule has 2 aromatic carbocycles. The minimum atomic E-state index is -3.68. The first-order valence-electron chi connectivity index (χ1n) is 7.71. The van der Waals surface area contributed by atoms with Crippen molar-refractivity contribution < 1.29 is 13.2 Å². The van der Waals surface area contributed by atoms with E-state index in [4.69, 9.17) is 0 Å². The maximum absolute atomic E-state index is 12.5. The van der Waals surface area contributed by atoms with Crippen LogP contribution in [0.3, 0.4) is 0 Å². The Morgan fingerprint density at radius 1 is 1.08 bits per heavy atom. The van der Waals surface area contributed by atoms with Crippen LogP contribution in [0.4, 0.5) is 5.69 Å². The molecule has 0 atom stereocenters. The summed E-state index contributed by atoms with van der Waals surface area (Å²) in [7, 11) is -3.68. The number of carbonyl (C=O) groups excluding carboxylic acids is 1. The van der Waals surface area contributed by atoms with Crippen molar-refractivity contribution >= 4 is 21.6 Å². The van der Waals surface area contributed by atoms with Gasteiger partial charge in [-0.15, -0.1) is 0 Å². The van der Waals surface area contributed by atoms with E-state index < -0.39 is 10.0 Å². The van der Waals surface area contributed by atoms with Gasteiger partial charge in [-0.1, -0.05) is 37.6 Å². The number of rotatable bonds is 3. The van der Waals surface area contributed by atoms with Gasteiger partial charge in [-0.05, 0) is 36.8 Å². The Bertz CT molecular complexity index is 900. The van der Waals surface area contributed by atoms with E-state index >= 15 is 0 Å². The zero-order chi connectivity index (χ0) is 17.5. The summed E-state index contributed by atoms with van der Waals surface area (Å²) < 4.78 is 27.5. The van der Waals surface area contributed by atoms with E-state index in [2.05, 4.69) is 10.0 Å². The molecule has 0 aliphatic carbocycles. The van der Waals surface area contributed by atoms with Gasteiger partial charge in [0.05, 0.1) is 4.90 Å². The lowest BCUT2D eigenvalue weighted by atomic mass is 9.79. The highest BCUT2D eigenvalue weighted by Gasteiger charge is 2.31. The number of amides is 1. The van der Waals surface area contributed by atoms with Crippen LogP contribution in [0.15, 0.2) is 47.4 Å². The van der Waals surface area contributed by atoms with Gasteiger partial charge in [0.1, 0.15) is 0 Å². The van der Waals surface area contributed by atoms with Gasteiger partial charge < -0.3 is 5.32 Å². The van der Waals surface area contributed by atoms with Gasteiger partial charge in [0.25, 0.3) is 15.9 Å². The Kier molecular flexibility index (Phi) is 3.87. The second-order valence-electron chi connectivity index (χ2n) is 6.75. The van der Waals surface area contributed by atoms with Gasteiger partial charge in [-0.25, -0.2) is 8.42 Å². The molecule has 24 heavy (non-hydrogen) atoms. The molecule has 5 nitrogen and oxygen atoms in total. The molecule has 0 bridgehead atoms. The van der Waals surface area contributed by atoms with Gasteiger partial charge >= 0.3 is 0 Å². The summed E-state index contributed by atoms with van der Waals surface area (Å²) in [4.78, 5) is 12.3. The number of hydrogen-bond acceptors (Lipinski definition) is 3. The fourth-order valence-corrected chi connectivity index (χ4v) is 3.86. The third-order valence-electron chi connectivity index (χ3n) is 4.27. The number of benzene rings is 2. The second-order valence-corrected chi connectivity index (χ2v) is 8.43. The molecule has 0 saturated heterocycles. The number of fused-ring (bicyclic) bond motifs is 1. The van der Waals surface area contributed by atoms with Gasteiger partial charge in [0.2, 0.25) is 0 Å². The van der Waals surface area contributed by atoms with Gasteiger partial charge in [-0.3, -0.25) is 9.52 Å². The monoisotopic (exact) mass is 344 g/mol. The van der Waals surface area contributed by atoms with Crippen LogP contribution in [0.25, 0.3) is 0 Å². The summed E-state index contributed by atoms with van der Waals surface area (Å²) in [6.45, 7) is 6.55. The minimum Gasteiger partial charge on any atom is -0.351 e. The van der Waals surface area contributed by atoms with Gasteiger partial charge in [0, 0.05) is 23.2 Å². The first-order valence-corrected chi connectivity index (χ1v) is 9.20. The van der Waals surface area contributed by atoms with Crippen LogP contribution in [0.5, 0.6) is 0 Å². The predicted octanol–water partition coefficient (Wildman–Crippen LogP) is 2.82. The molecule has 1 aliphatic heterocycles. The van der Waals surface area contributed by atoms with E-state index in [1.807, 2.05) is 26.8 Å². The summed E-state index contributed by atoms with van der Waals surface area (Å²) in [5, 5.41) is 2.84. The molecule has 0 aromatic heterocycles. The van der Waals surface area contributed by atoms with Crippen LogP contribution >= 0.6 is 0 Å². The number of sulfonamides is 1. The third kappa shape index (κ3) is 3.01. The van der Waals surface area contributed by atoms with E-state index in [0.29, 0.717) is 17.8 Å². The molecule has 2 N–H and O–H groups in total. The van der Waals surface area contributed by atoms with E-state index in [1.165, 1.54) is 0 Å². The van der Waals surface area contributed by atoms with Crippen molar-refractivity contribution in [1.82, 2.24) is 5.32 Å². The molecular weight excluding hydrogens is 324 g/mol. The number of hydrogen-bond donors (Lipinski definition) is 2. The van der Waals surface area contributed by atoms with Crippen LogP contribution < -0.4 is 10.0 Å². The molecular formula is C18H20N2O3S. The highest BCUT2D eigenvalue weighted by molar-refractivity contribution is 7.92. The first-order chi connectivity index (χ1) is 11.2. The maximum atomic E-state index is 12.5. The predicted molar refractivity (Wildman–Crippen MR) is 93.8 cm³/mol. The zero-order valence-electron chi connectivity index (χ0n) is 13.9. The summed E-state index contributed by atoms with van der Waals surface area (Å²) in [5.74, 6) is -0.180. The fraction of sp³-hybridized carbons (Fsp3) is 0.278. The first kappa shape index (κ1) is 16.5. The van der Waals surface area contributed by atoms with Crippen molar-refractivity contribution in [2.45, 2.75) is 31.1 Å². The van der Waals surface area contributed by atoms with E-state index in [-0.39, 0.29) is 16.2 Å². The molecule has 0 fully saturated rings. The molecule has 1 aliphatic rings. The highest BCUT2D eigenvalue weighted by atomic mass is 32.2. The molecule has 1 heterocycles. The summed E-state index contributed by atoms with van der Waals surface area (Å²) >= 11 is 0. The molecule has 6 heteroatoms. The van der Waals surface area contributed by atoms with Crippen molar-refractivity contribution in [3.8, 4) is 0 Å². The topological polar surface area (TPSA) is 75.3 Å². The largest absolute Gasteiger partial charge is 0.351 e. The standard InChI is InChI=1S/C18H20N2O3S/c1-12-4-7-14(8-5-12)24(22,23)20-13-6-9-16-15(10-13)17(21)19-11-18(16,2)3/h4-10,20H,11H2,1-3H3,(H,19,21). The lowest BCUT2D eigenvalue weighted by molar-refractivity contribution is 0.0930. The van der Waals surface area contributed by atoms with Crippen LogP contribution in [0.2, 0.25) is 0 Å². The third-order valence-corrected chi connectivity index (χ3v) is 5.66. The molecule has 0 saturated carbocycles. The molecule has 0 unspecified atom stereocenters. The average Bonchev–Trinajstić information content (AvgIpc) is 2.51. The lowest BCUT2D eigenvalue weighted by Gasteiger charge is -2.32. The average molecular weight is 344 g/mol. The molecule has 126 valence electrons. The lowest BCUT2D eigenvalue weighted by Crippen LogP contribution is -2.43. The normalized spacial score (nSPS) is 16.2. The Morgan fingerprint density at radius 3 is 2.42 bits per heavy atom. The maximum Gasteiger partial charge on any atom is 0.261 e. The van der Waals surface area contributed by atoms with Crippen molar-refractivity contribution in [3.63, 3.8) is 0 Å². The van der Waals surface area contributed by atoms with Crippen LogP contribution in [-0.2, 0) is 15.4 Å². The number of nitrogens with one attached hydrogen (secondary N) is 2. The van der Waals surface area contributed by atoms with Crippen molar-refractivity contribution in [1.29, 1.82) is 0 Å². The van der Waals surface area contributed by atoms with E-state index in [1.54, 1.807) is 36.4 Å². The Hall–Kier alpha value is -2.34. The van der Waals surface area contributed by atoms with Gasteiger partial charge in [-0.2, -0.15) is 0 Å². The summed E-state index contributed by atoms with van der Waals surface area (Å²) in [6.07, 6.45) is 0. The van der Waals surface area contributed by atoms with Crippen molar-refractivity contribution in [2.24, 2.45) is 0 Å². The van der Waals surface area contributed by atoms with Gasteiger partial charge in [0.15, 0.2) is 0 Å². The second kappa shape index (κ2) is 5.63. The molecule has 1 amide bonds. The molecule has 3 rings (SSSR count). The summed E-state index contributed by atoms with van der Waals surface area (Å²) in [6, 6.07) is 11.7. The number of aryl methyl sites for hydroxylation is 1. The quantitative estimate of drug-likeness (QED) is 0.899. The SMILES string of the molecule is Cc1ccc(S(=O)(=O)Nc2ccc3c(c2)C(=O)NCC3(C)C)cc1. The van der Waals surface area contributed by atoms with Crippen molar-refractivity contribution in [3.05, 3.63) is 59.2 Å². The zero-order valence-corrected chi connectivity index (χ0v) is 14.7. The highest BCUT2D eigenvalue weighted by Crippen LogP contribution is 2.31. The van der Waals surface area contributed by atoms with Crippen LogP contribution in [0.1, 0.15) is 35.3 Å². The fourth-order valence-electron chi connectivity index (χ4n) is 2.81. The molecule has 0 spiro atoms. The van der Waals surface area contributed by atoms with E-state index in [0.717, 1.165) is 11.1 Å². The number of carbonyl (C=O) groups is 1. The molecule has 2 aromatic rings. The smallest absolute Gasteiger partial charge is 0.261 e. The summed E-state index contributed by atoms with van der Waals surface area (Å²) in [5.41, 5.74) is 2.61. The minimum absolute atomic E-state index is 0.180. The van der Waals surface area contributed by atoms with Crippen molar-refractivity contribution in [2.75, 3.05) is 11.3 Å².